The third-order valence-corrected chi connectivity index (χ3v) is 3.25. The Morgan fingerprint density at radius 3 is 2.25 bits per heavy atom. The molecule has 2 N–H and O–H groups in total. The van der Waals surface area contributed by atoms with E-state index >= 15 is 0 Å². The highest BCUT2D eigenvalue weighted by molar-refractivity contribution is 5.71. The normalized spacial score (nSPS) is 11.9. The molecule has 0 bridgehead atoms. The zero-order valence-corrected chi connectivity index (χ0v) is 11.3. The van der Waals surface area contributed by atoms with E-state index in [0.717, 1.165) is 17.2 Å². The van der Waals surface area contributed by atoms with Gasteiger partial charge in [-0.05, 0) is 34.7 Å². The summed E-state index contributed by atoms with van der Waals surface area (Å²) >= 11 is 0. The molecule has 0 aromatic heterocycles. The van der Waals surface area contributed by atoms with Crippen molar-refractivity contribution in [1.82, 2.24) is 0 Å². The lowest BCUT2D eigenvalue weighted by Crippen LogP contribution is -2.09. The molecule has 1 nitrogen and oxygen atoms in total. The molecule has 2 aromatic rings. The maximum atomic E-state index is 12.9. The molecule has 0 saturated carbocycles. The molecule has 0 saturated heterocycles. The van der Waals surface area contributed by atoms with Crippen molar-refractivity contribution in [1.29, 1.82) is 0 Å². The smallest absolute Gasteiger partial charge is 0.398 e. The highest BCUT2D eigenvalue weighted by Gasteiger charge is 2.33. The molecule has 0 atom stereocenters. The van der Waals surface area contributed by atoms with E-state index in [9.17, 15) is 13.2 Å². The van der Waals surface area contributed by atoms with Crippen LogP contribution in [-0.4, -0.2) is 0 Å². The molecule has 0 aliphatic carbocycles. The van der Waals surface area contributed by atoms with Crippen LogP contribution in [0.2, 0.25) is 0 Å². The van der Waals surface area contributed by atoms with Crippen LogP contribution < -0.4 is 5.73 Å². The number of alkyl halides is 3. The van der Waals surface area contributed by atoms with Gasteiger partial charge in [-0.1, -0.05) is 44.2 Å². The van der Waals surface area contributed by atoms with Crippen molar-refractivity contribution in [3.63, 3.8) is 0 Å². The van der Waals surface area contributed by atoms with Crippen molar-refractivity contribution in [3.05, 3.63) is 53.6 Å². The van der Waals surface area contributed by atoms with Crippen molar-refractivity contribution >= 4 is 5.69 Å². The Bertz CT molecular complexity index is 615. The largest absolute Gasteiger partial charge is 0.418 e. The van der Waals surface area contributed by atoms with Crippen LogP contribution in [0.5, 0.6) is 0 Å². The lowest BCUT2D eigenvalue weighted by molar-refractivity contribution is -0.136. The lowest BCUT2D eigenvalue weighted by Gasteiger charge is -2.15. The third kappa shape index (κ3) is 2.79. The second kappa shape index (κ2) is 5.19. The van der Waals surface area contributed by atoms with Crippen molar-refractivity contribution < 1.29 is 13.2 Å². The van der Waals surface area contributed by atoms with Gasteiger partial charge in [0.05, 0.1) is 5.56 Å². The number of hydrogen-bond acceptors (Lipinski definition) is 1. The van der Waals surface area contributed by atoms with Crippen molar-refractivity contribution in [2.75, 3.05) is 5.73 Å². The van der Waals surface area contributed by atoms with Crippen LogP contribution in [0.1, 0.15) is 30.9 Å². The Morgan fingerprint density at radius 1 is 1.00 bits per heavy atom. The zero-order chi connectivity index (χ0) is 14.9. The summed E-state index contributed by atoms with van der Waals surface area (Å²) < 4.78 is 38.8. The first-order chi connectivity index (χ1) is 9.30. The van der Waals surface area contributed by atoms with Gasteiger partial charge in [-0.2, -0.15) is 13.2 Å². The zero-order valence-electron chi connectivity index (χ0n) is 11.3. The predicted octanol–water partition coefficient (Wildman–Crippen LogP) is 5.08. The molecule has 4 heteroatoms. The highest BCUT2D eigenvalue weighted by atomic mass is 19.4. The van der Waals surface area contributed by atoms with Crippen LogP contribution in [0.15, 0.2) is 42.5 Å². The molecule has 0 spiro atoms. The van der Waals surface area contributed by atoms with E-state index < -0.39 is 11.7 Å². The molecule has 2 aromatic carbocycles. The Labute approximate surface area is 116 Å². The maximum Gasteiger partial charge on any atom is 0.418 e. The average molecular weight is 279 g/mol. The highest BCUT2D eigenvalue weighted by Crippen LogP contribution is 2.37. The maximum absolute atomic E-state index is 12.9. The van der Waals surface area contributed by atoms with Gasteiger partial charge < -0.3 is 5.73 Å². The van der Waals surface area contributed by atoms with E-state index in [2.05, 4.69) is 0 Å². The van der Waals surface area contributed by atoms with Crippen LogP contribution in [0, 0.1) is 0 Å². The average Bonchev–Trinajstić information content (AvgIpc) is 2.38. The van der Waals surface area contributed by atoms with Crippen LogP contribution >= 0.6 is 0 Å². The topological polar surface area (TPSA) is 26.0 Å². The van der Waals surface area contributed by atoms with Gasteiger partial charge in [-0.3, -0.25) is 0 Å². The predicted molar refractivity (Wildman–Crippen MR) is 75.4 cm³/mol. The van der Waals surface area contributed by atoms with Crippen molar-refractivity contribution in [3.8, 4) is 11.1 Å². The quantitative estimate of drug-likeness (QED) is 0.762. The first kappa shape index (κ1) is 14.4. The fraction of sp³-hybridized carbons (Fsp3) is 0.250. The van der Waals surface area contributed by atoms with Crippen LogP contribution in [0.3, 0.4) is 0 Å². The van der Waals surface area contributed by atoms with Gasteiger partial charge >= 0.3 is 6.18 Å². The molecule has 0 heterocycles. The van der Waals surface area contributed by atoms with Crippen LogP contribution in [0.4, 0.5) is 18.9 Å². The Morgan fingerprint density at radius 2 is 1.65 bits per heavy atom. The van der Waals surface area contributed by atoms with E-state index in [-0.39, 0.29) is 11.6 Å². The van der Waals surface area contributed by atoms with Gasteiger partial charge in [0.1, 0.15) is 0 Å². The summed E-state index contributed by atoms with van der Waals surface area (Å²) in [6.45, 7) is 4.03. The van der Waals surface area contributed by atoms with Crippen LogP contribution in [0.25, 0.3) is 11.1 Å². The van der Waals surface area contributed by atoms with E-state index in [4.69, 9.17) is 5.73 Å². The summed E-state index contributed by atoms with van der Waals surface area (Å²) in [5, 5.41) is 0. The minimum Gasteiger partial charge on any atom is -0.398 e. The molecule has 20 heavy (non-hydrogen) atoms. The van der Waals surface area contributed by atoms with E-state index in [1.165, 1.54) is 6.07 Å². The third-order valence-electron chi connectivity index (χ3n) is 3.25. The fourth-order valence-electron chi connectivity index (χ4n) is 2.23. The van der Waals surface area contributed by atoms with Crippen molar-refractivity contribution in [2.45, 2.75) is 25.9 Å². The molecule has 0 fully saturated rings. The molecule has 0 amide bonds. The number of halogens is 3. The molecule has 0 aliphatic heterocycles. The van der Waals surface area contributed by atoms with Gasteiger partial charge in [0, 0.05) is 5.69 Å². The van der Waals surface area contributed by atoms with E-state index in [0.29, 0.717) is 5.56 Å². The van der Waals surface area contributed by atoms with E-state index in [1.54, 1.807) is 6.07 Å². The van der Waals surface area contributed by atoms with Gasteiger partial charge in [0.15, 0.2) is 0 Å². The standard InChI is InChI=1S/C16H16F3N/c1-10(2)12-5-3-4-6-13(12)11-7-8-15(20)14(9-11)16(17,18)19/h3-10H,20H2,1-2H3. The molecule has 2 rings (SSSR count). The fourth-order valence-corrected chi connectivity index (χ4v) is 2.23. The first-order valence-corrected chi connectivity index (χ1v) is 6.36. The minimum atomic E-state index is -4.44. The number of benzene rings is 2. The second-order valence-electron chi connectivity index (χ2n) is 5.04. The monoisotopic (exact) mass is 279 g/mol. The number of nitrogens with two attached hydrogens (primary N) is 1. The number of hydrogen-bond donors (Lipinski definition) is 1. The summed E-state index contributed by atoms with van der Waals surface area (Å²) in [6, 6.07) is 11.5. The number of rotatable bonds is 2. The molecular weight excluding hydrogens is 263 g/mol. The molecule has 0 unspecified atom stereocenters. The Kier molecular flexibility index (Phi) is 3.75. The van der Waals surface area contributed by atoms with Crippen LogP contribution in [-0.2, 0) is 6.18 Å². The first-order valence-electron chi connectivity index (χ1n) is 6.36. The van der Waals surface area contributed by atoms with Gasteiger partial charge in [0.2, 0.25) is 0 Å². The molecule has 0 radical (unpaired) electrons. The van der Waals surface area contributed by atoms with Gasteiger partial charge in [-0.15, -0.1) is 0 Å². The van der Waals surface area contributed by atoms with E-state index in [1.807, 2.05) is 38.1 Å². The second-order valence-corrected chi connectivity index (χ2v) is 5.04. The Hall–Kier alpha value is -1.97. The molecular formula is C16H16F3N. The summed E-state index contributed by atoms with van der Waals surface area (Å²) in [7, 11) is 0. The number of nitrogen functional groups attached to an aromatic ring is 1. The van der Waals surface area contributed by atoms with Crippen molar-refractivity contribution in [2.24, 2.45) is 0 Å². The minimum absolute atomic E-state index is 0.234. The number of anilines is 1. The molecule has 0 aliphatic rings. The van der Waals surface area contributed by atoms with Gasteiger partial charge in [0.25, 0.3) is 0 Å². The SMILES string of the molecule is CC(C)c1ccccc1-c1ccc(N)c(C(F)(F)F)c1. The van der Waals surface area contributed by atoms with Gasteiger partial charge in [-0.25, -0.2) is 0 Å². The Balaban J connectivity index is 2.60. The summed E-state index contributed by atoms with van der Waals surface area (Å²) in [6.07, 6.45) is -4.44. The summed E-state index contributed by atoms with van der Waals surface area (Å²) in [4.78, 5) is 0. The molecule has 106 valence electrons. The lowest BCUT2D eigenvalue weighted by atomic mass is 9.91. The summed E-state index contributed by atoms with van der Waals surface area (Å²) in [5.41, 5.74) is 6.77. The summed E-state index contributed by atoms with van der Waals surface area (Å²) in [5.74, 6) is 0.234.